The fourth-order valence-corrected chi connectivity index (χ4v) is 1.61. The summed E-state index contributed by atoms with van der Waals surface area (Å²) in [5.41, 5.74) is 1.10. The zero-order chi connectivity index (χ0) is 12.7. The van der Waals surface area contributed by atoms with Gasteiger partial charge in [0.05, 0.1) is 18.8 Å². The zero-order valence-corrected chi connectivity index (χ0v) is 9.54. The fourth-order valence-electron chi connectivity index (χ4n) is 1.61. The molecule has 0 saturated carbocycles. The van der Waals surface area contributed by atoms with Crippen LogP contribution in [0.25, 0.3) is 0 Å². The Labute approximate surface area is 99.9 Å². The Hall–Kier alpha value is -1.43. The van der Waals surface area contributed by atoms with Crippen molar-refractivity contribution in [3.63, 3.8) is 0 Å². The summed E-state index contributed by atoms with van der Waals surface area (Å²) in [5.74, 6) is -0.956. The van der Waals surface area contributed by atoms with Gasteiger partial charge in [0.25, 0.3) is 0 Å². The number of aliphatic hydroxyl groups is 2. The van der Waals surface area contributed by atoms with Crippen LogP contribution in [0.5, 0.6) is 0 Å². The van der Waals surface area contributed by atoms with Crippen molar-refractivity contribution in [2.45, 2.75) is 6.54 Å². The molecule has 94 valence electrons. The highest BCUT2D eigenvalue weighted by molar-refractivity contribution is 5.87. The average molecular weight is 239 g/mol. The van der Waals surface area contributed by atoms with Crippen molar-refractivity contribution in [2.24, 2.45) is 0 Å². The van der Waals surface area contributed by atoms with Gasteiger partial charge in [-0.2, -0.15) is 0 Å². The molecule has 0 atom stereocenters. The van der Waals surface area contributed by atoms with E-state index in [0.29, 0.717) is 19.6 Å². The van der Waals surface area contributed by atoms with Crippen molar-refractivity contribution in [2.75, 3.05) is 26.3 Å². The second-order valence-corrected chi connectivity index (χ2v) is 3.73. The smallest absolute Gasteiger partial charge is 0.335 e. The third-order valence-electron chi connectivity index (χ3n) is 2.41. The molecule has 1 rings (SSSR count). The van der Waals surface area contributed by atoms with Crippen molar-refractivity contribution in [1.29, 1.82) is 0 Å². The van der Waals surface area contributed by atoms with E-state index in [-0.39, 0.29) is 18.8 Å². The summed E-state index contributed by atoms with van der Waals surface area (Å²) in [6.07, 6.45) is 0. The van der Waals surface area contributed by atoms with E-state index in [2.05, 4.69) is 0 Å². The maximum atomic E-state index is 10.8. The number of carbonyl (C=O) groups is 1. The van der Waals surface area contributed by atoms with E-state index in [1.165, 1.54) is 6.07 Å². The molecule has 1 aromatic carbocycles. The van der Waals surface area contributed by atoms with E-state index in [0.717, 1.165) is 5.56 Å². The second kappa shape index (κ2) is 7.01. The van der Waals surface area contributed by atoms with Crippen LogP contribution in [0.4, 0.5) is 0 Å². The molecular formula is C12H17NO4. The van der Waals surface area contributed by atoms with Crippen molar-refractivity contribution < 1.29 is 20.1 Å². The summed E-state index contributed by atoms with van der Waals surface area (Å²) < 4.78 is 0. The summed E-state index contributed by atoms with van der Waals surface area (Å²) in [5, 5.41) is 26.6. The Morgan fingerprint density at radius 1 is 1.18 bits per heavy atom. The Balaban J connectivity index is 2.71. The molecule has 0 saturated heterocycles. The minimum atomic E-state index is -0.956. The van der Waals surface area contributed by atoms with Gasteiger partial charge in [-0.3, -0.25) is 4.90 Å². The van der Waals surface area contributed by atoms with E-state index in [9.17, 15) is 4.79 Å². The lowest BCUT2D eigenvalue weighted by atomic mass is 10.1. The van der Waals surface area contributed by atoms with Crippen LogP contribution < -0.4 is 0 Å². The molecule has 0 bridgehead atoms. The minimum absolute atomic E-state index is 0.0125. The lowest BCUT2D eigenvalue weighted by molar-refractivity contribution is 0.0696. The number of rotatable bonds is 7. The summed E-state index contributed by atoms with van der Waals surface area (Å²) in [4.78, 5) is 12.7. The Morgan fingerprint density at radius 3 is 2.35 bits per heavy atom. The predicted octanol–water partition coefficient (Wildman–Crippen LogP) is 0.171. The van der Waals surface area contributed by atoms with Gasteiger partial charge < -0.3 is 15.3 Å². The number of aromatic carboxylic acids is 1. The number of nitrogens with zero attached hydrogens (tertiary/aromatic N) is 1. The van der Waals surface area contributed by atoms with Crippen LogP contribution in [0.15, 0.2) is 24.3 Å². The second-order valence-electron chi connectivity index (χ2n) is 3.73. The number of aliphatic hydroxyl groups excluding tert-OH is 2. The molecule has 0 aliphatic rings. The molecular weight excluding hydrogens is 222 g/mol. The third kappa shape index (κ3) is 4.52. The third-order valence-corrected chi connectivity index (χ3v) is 2.41. The molecule has 5 nitrogen and oxygen atoms in total. The number of benzene rings is 1. The molecule has 0 aliphatic carbocycles. The highest BCUT2D eigenvalue weighted by Crippen LogP contribution is 2.08. The number of hydrogen-bond acceptors (Lipinski definition) is 4. The van der Waals surface area contributed by atoms with Crippen molar-refractivity contribution >= 4 is 5.97 Å². The molecule has 1 aromatic rings. The van der Waals surface area contributed by atoms with Crippen LogP contribution in [0.2, 0.25) is 0 Å². The van der Waals surface area contributed by atoms with Crippen LogP contribution in [-0.4, -0.2) is 52.5 Å². The Morgan fingerprint density at radius 2 is 1.82 bits per heavy atom. The first-order valence-corrected chi connectivity index (χ1v) is 5.43. The van der Waals surface area contributed by atoms with Gasteiger partial charge in [0, 0.05) is 19.6 Å². The Bertz CT molecular complexity index is 361. The van der Waals surface area contributed by atoms with Crippen LogP contribution in [0.1, 0.15) is 15.9 Å². The highest BCUT2D eigenvalue weighted by Gasteiger charge is 2.07. The molecule has 0 spiro atoms. The number of carboxylic acids is 1. The lowest BCUT2D eigenvalue weighted by Gasteiger charge is -2.20. The van der Waals surface area contributed by atoms with E-state index >= 15 is 0 Å². The van der Waals surface area contributed by atoms with Gasteiger partial charge in [-0.25, -0.2) is 4.79 Å². The molecule has 0 aromatic heterocycles. The van der Waals surface area contributed by atoms with Gasteiger partial charge in [-0.1, -0.05) is 12.1 Å². The van der Waals surface area contributed by atoms with Gasteiger partial charge in [0.2, 0.25) is 0 Å². The van der Waals surface area contributed by atoms with E-state index < -0.39 is 5.97 Å². The van der Waals surface area contributed by atoms with Crippen molar-refractivity contribution in [1.82, 2.24) is 4.90 Å². The van der Waals surface area contributed by atoms with Gasteiger partial charge in [-0.05, 0) is 17.7 Å². The molecule has 3 N–H and O–H groups in total. The average Bonchev–Trinajstić information content (AvgIpc) is 2.30. The number of hydrogen-bond donors (Lipinski definition) is 3. The number of carboxylic acid groups (broad SMARTS) is 1. The summed E-state index contributed by atoms with van der Waals surface area (Å²) in [6, 6.07) is 6.65. The van der Waals surface area contributed by atoms with Crippen LogP contribution in [0, 0.1) is 0 Å². The van der Waals surface area contributed by atoms with Crippen LogP contribution in [0.3, 0.4) is 0 Å². The van der Waals surface area contributed by atoms with Crippen molar-refractivity contribution in [3.8, 4) is 0 Å². The first-order chi connectivity index (χ1) is 8.17. The topological polar surface area (TPSA) is 81.0 Å². The van der Waals surface area contributed by atoms with Gasteiger partial charge in [-0.15, -0.1) is 0 Å². The quantitative estimate of drug-likeness (QED) is 0.632. The fraction of sp³-hybridized carbons (Fsp3) is 0.417. The largest absolute Gasteiger partial charge is 0.478 e. The molecule has 0 amide bonds. The minimum Gasteiger partial charge on any atom is -0.478 e. The molecule has 0 heterocycles. The van der Waals surface area contributed by atoms with E-state index in [4.69, 9.17) is 15.3 Å². The molecule has 17 heavy (non-hydrogen) atoms. The van der Waals surface area contributed by atoms with Crippen molar-refractivity contribution in [3.05, 3.63) is 35.4 Å². The van der Waals surface area contributed by atoms with Crippen LogP contribution >= 0.6 is 0 Å². The van der Waals surface area contributed by atoms with Crippen LogP contribution in [-0.2, 0) is 6.54 Å². The first kappa shape index (κ1) is 13.6. The lowest BCUT2D eigenvalue weighted by Crippen LogP contribution is -2.29. The molecule has 0 fully saturated rings. The molecule has 5 heteroatoms. The van der Waals surface area contributed by atoms with Gasteiger partial charge in [0.1, 0.15) is 0 Å². The zero-order valence-electron chi connectivity index (χ0n) is 9.54. The predicted molar refractivity (Wildman–Crippen MR) is 62.8 cm³/mol. The normalized spacial score (nSPS) is 10.8. The Kier molecular flexibility index (Phi) is 5.62. The molecule has 0 aliphatic heterocycles. The van der Waals surface area contributed by atoms with Gasteiger partial charge in [0.15, 0.2) is 0 Å². The van der Waals surface area contributed by atoms with E-state index in [1.807, 2.05) is 11.0 Å². The highest BCUT2D eigenvalue weighted by atomic mass is 16.4. The van der Waals surface area contributed by atoms with Gasteiger partial charge >= 0.3 is 5.97 Å². The molecule has 0 unspecified atom stereocenters. The SMILES string of the molecule is O=C(O)c1cccc(CN(CCO)CCO)c1. The molecule has 0 radical (unpaired) electrons. The first-order valence-electron chi connectivity index (χ1n) is 5.43. The summed E-state index contributed by atoms with van der Waals surface area (Å²) in [6.45, 7) is 1.45. The summed E-state index contributed by atoms with van der Waals surface area (Å²) >= 11 is 0. The maximum absolute atomic E-state index is 10.8. The summed E-state index contributed by atoms with van der Waals surface area (Å²) in [7, 11) is 0. The van der Waals surface area contributed by atoms with E-state index in [1.54, 1.807) is 12.1 Å². The maximum Gasteiger partial charge on any atom is 0.335 e. The monoisotopic (exact) mass is 239 g/mol. The standard InChI is InChI=1S/C12H17NO4/c14-6-4-13(5-7-15)9-10-2-1-3-11(8-10)12(16)17/h1-3,8,14-15H,4-7,9H2,(H,16,17).